The standard InChI is InChI=1S/C15H14N2O2/c18-15(16-19)14-10-11-6-4-5-9-13(11)17(14)12-7-2-1-3-8-12/h1-9,14,19H,10H2,(H,16,18)/t14-/m0/s1. The second kappa shape index (κ2) is 4.74. The number of benzene rings is 2. The highest BCUT2D eigenvalue weighted by atomic mass is 16.5. The number of hydrogen-bond acceptors (Lipinski definition) is 3. The maximum atomic E-state index is 11.9. The third-order valence-corrected chi connectivity index (χ3v) is 3.42. The summed E-state index contributed by atoms with van der Waals surface area (Å²) in [5.74, 6) is -0.389. The topological polar surface area (TPSA) is 52.6 Å². The van der Waals surface area contributed by atoms with Crippen LogP contribution >= 0.6 is 0 Å². The van der Waals surface area contributed by atoms with Crippen LogP contribution in [-0.2, 0) is 11.2 Å². The van der Waals surface area contributed by atoms with Crippen molar-refractivity contribution in [3.63, 3.8) is 0 Å². The van der Waals surface area contributed by atoms with E-state index in [1.807, 2.05) is 59.5 Å². The van der Waals surface area contributed by atoms with Crippen molar-refractivity contribution in [3.05, 3.63) is 60.2 Å². The van der Waals surface area contributed by atoms with Crippen LogP contribution in [0.25, 0.3) is 0 Å². The van der Waals surface area contributed by atoms with E-state index in [9.17, 15) is 4.79 Å². The molecule has 2 N–H and O–H groups in total. The number of amides is 1. The smallest absolute Gasteiger partial charge is 0.266 e. The van der Waals surface area contributed by atoms with Crippen molar-refractivity contribution in [2.75, 3.05) is 4.90 Å². The Balaban J connectivity index is 2.08. The second-order valence-corrected chi connectivity index (χ2v) is 4.53. The fraction of sp³-hybridized carbons (Fsp3) is 0.133. The van der Waals surface area contributed by atoms with Gasteiger partial charge in [0.1, 0.15) is 6.04 Å². The Morgan fingerprint density at radius 2 is 1.79 bits per heavy atom. The highest BCUT2D eigenvalue weighted by Crippen LogP contribution is 2.37. The largest absolute Gasteiger partial charge is 0.328 e. The molecule has 1 atom stereocenters. The van der Waals surface area contributed by atoms with Gasteiger partial charge in [-0.25, -0.2) is 5.48 Å². The molecule has 0 radical (unpaired) electrons. The molecule has 0 saturated heterocycles. The molecule has 2 aromatic rings. The van der Waals surface area contributed by atoms with Crippen LogP contribution in [0.5, 0.6) is 0 Å². The van der Waals surface area contributed by atoms with E-state index >= 15 is 0 Å². The number of fused-ring (bicyclic) bond motifs is 1. The third-order valence-electron chi connectivity index (χ3n) is 3.42. The zero-order valence-corrected chi connectivity index (χ0v) is 10.3. The van der Waals surface area contributed by atoms with E-state index in [4.69, 9.17) is 5.21 Å². The van der Waals surface area contributed by atoms with E-state index < -0.39 is 6.04 Å². The minimum Gasteiger partial charge on any atom is -0.328 e. The lowest BCUT2D eigenvalue weighted by atomic mass is 10.1. The van der Waals surface area contributed by atoms with Crippen LogP contribution in [0.4, 0.5) is 11.4 Å². The maximum Gasteiger partial charge on any atom is 0.266 e. The van der Waals surface area contributed by atoms with Crippen molar-refractivity contribution in [2.24, 2.45) is 0 Å². The molecule has 0 aliphatic carbocycles. The average molecular weight is 254 g/mol. The molecule has 0 fully saturated rings. The molecule has 19 heavy (non-hydrogen) atoms. The van der Waals surface area contributed by atoms with Gasteiger partial charge < -0.3 is 4.90 Å². The Morgan fingerprint density at radius 1 is 1.11 bits per heavy atom. The summed E-state index contributed by atoms with van der Waals surface area (Å²) < 4.78 is 0. The normalized spacial score (nSPS) is 17.1. The minimum absolute atomic E-state index is 0.389. The summed E-state index contributed by atoms with van der Waals surface area (Å²) in [5.41, 5.74) is 4.83. The fourth-order valence-corrected chi connectivity index (χ4v) is 2.58. The number of carbonyl (C=O) groups is 1. The molecule has 0 saturated carbocycles. The zero-order valence-electron chi connectivity index (χ0n) is 10.3. The first-order valence-corrected chi connectivity index (χ1v) is 6.17. The number of hydroxylamine groups is 1. The highest BCUT2D eigenvalue weighted by molar-refractivity contribution is 5.90. The van der Waals surface area contributed by atoms with Gasteiger partial charge in [0.2, 0.25) is 0 Å². The first-order valence-electron chi connectivity index (χ1n) is 6.17. The molecule has 1 aliphatic rings. The monoisotopic (exact) mass is 254 g/mol. The molecule has 0 bridgehead atoms. The van der Waals surface area contributed by atoms with Crippen molar-refractivity contribution in [3.8, 4) is 0 Å². The third kappa shape index (κ3) is 1.96. The SMILES string of the molecule is O=C(NO)[C@@H]1Cc2ccccc2N1c1ccccc1. The first kappa shape index (κ1) is 11.7. The van der Waals surface area contributed by atoms with Gasteiger partial charge in [-0.3, -0.25) is 10.0 Å². The van der Waals surface area contributed by atoms with Gasteiger partial charge in [-0.05, 0) is 23.8 Å². The van der Waals surface area contributed by atoms with Gasteiger partial charge in [-0.2, -0.15) is 0 Å². The van der Waals surface area contributed by atoms with Crippen LogP contribution < -0.4 is 10.4 Å². The van der Waals surface area contributed by atoms with Crippen molar-refractivity contribution in [2.45, 2.75) is 12.5 Å². The van der Waals surface area contributed by atoms with Crippen LogP contribution in [0.2, 0.25) is 0 Å². The number of rotatable bonds is 2. The van der Waals surface area contributed by atoms with E-state index in [1.54, 1.807) is 5.48 Å². The number of nitrogens with zero attached hydrogens (tertiary/aromatic N) is 1. The molecule has 2 aromatic carbocycles. The summed E-state index contributed by atoms with van der Waals surface area (Å²) in [6.45, 7) is 0. The Morgan fingerprint density at radius 3 is 2.53 bits per heavy atom. The molecule has 4 heteroatoms. The average Bonchev–Trinajstić information content (AvgIpc) is 2.86. The second-order valence-electron chi connectivity index (χ2n) is 4.53. The van der Waals surface area contributed by atoms with Crippen LogP contribution in [0, 0.1) is 0 Å². The first-order chi connectivity index (χ1) is 9.31. The number of hydrogen-bond donors (Lipinski definition) is 2. The van der Waals surface area contributed by atoms with E-state index in [-0.39, 0.29) is 5.91 Å². The van der Waals surface area contributed by atoms with Crippen molar-refractivity contribution < 1.29 is 10.0 Å². The molecular weight excluding hydrogens is 240 g/mol. The van der Waals surface area contributed by atoms with Crippen molar-refractivity contribution in [1.82, 2.24) is 5.48 Å². The quantitative estimate of drug-likeness (QED) is 0.638. The molecule has 3 rings (SSSR count). The Bertz CT molecular complexity index is 598. The van der Waals surface area contributed by atoms with E-state index in [0.717, 1.165) is 16.9 Å². The van der Waals surface area contributed by atoms with Crippen molar-refractivity contribution >= 4 is 17.3 Å². The predicted molar refractivity (Wildman–Crippen MR) is 72.4 cm³/mol. The molecule has 1 amide bonds. The lowest BCUT2D eigenvalue weighted by molar-refractivity contribution is -0.130. The molecule has 0 spiro atoms. The number of para-hydroxylation sites is 2. The predicted octanol–water partition coefficient (Wildman–Crippen LogP) is 2.25. The van der Waals surface area contributed by atoms with E-state index in [1.165, 1.54) is 0 Å². The molecule has 0 unspecified atom stereocenters. The Labute approximate surface area is 111 Å². The summed E-state index contributed by atoms with van der Waals surface area (Å²) in [4.78, 5) is 13.8. The summed E-state index contributed by atoms with van der Waals surface area (Å²) in [7, 11) is 0. The van der Waals surface area contributed by atoms with Gasteiger partial charge in [0, 0.05) is 17.8 Å². The maximum absolute atomic E-state index is 11.9. The lowest BCUT2D eigenvalue weighted by Gasteiger charge is -2.26. The summed E-state index contributed by atoms with van der Waals surface area (Å²) in [5, 5.41) is 8.91. The molecule has 1 heterocycles. The Kier molecular flexibility index (Phi) is 2.93. The molecule has 4 nitrogen and oxygen atoms in total. The lowest BCUT2D eigenvalue weighted by Crippen LogP contribution is -2.42. The van der Waals surface area contributed by atoms with Gasteiger partial charge >= 0.3 is 0 Å². The summed E-state index contributed by atoms with van der Waals surface area (Å²) >= 11 is 0. The van der Waals surface area contributed by atoms with Gasteiger partial charge in [-0.15, -0.1) is 0 Å². The molecule has 96 valence electrons. The van der Waals surface area contributed by atoms with Gasteiger partial charge in [0.05, 0.1) is 0 Å². The van der Waals surface area contributed by atoms with E-state index in [0.29, 0.717) is 6.42 Å². The molecule has 0 aromatic heterocycles. The van der Waals surface area contributed by atoms with Gasteiger partial charge in [0.25, 0.3) is 5.91 Å². The van der Waals surface area contributed by atoms with Crippen LogP contribution in [0.15, 0.2) is 54.6 Å². The number of nitrogens with one attached hydrogen (secondary N) is 1. The van der Waals surface area contributed by atoms with E-state index in [2.05, 4.69) is 0 Å². The number of anilines is 2. The van der Waals surface area contributed by atoms with Gasteiger partial charge in [0.15, 0.2) is 0 Å². The molecular formula is C15H14N2O2. The van der Waals surface area contributed by atoms with Gasteiger partial charge in [-0.1, -0.05) is 36.4 Å². The summed E-state index contributed by atoms with van der Waals surface area (Å²) in [6.07, 6.45) is 0.595. The molecule has 1 aliphatic heterocycles. The fourth-order valence-electron chi connectivity index (χ4n) is 2.58. The van der Waals surface area contributed by atoms with Crippen LogP contribution in [-0.4, -0.2) is 17.2 Å². The van der Waals surface area contributed by atoms with Crippen LogP contribution in [0.1, 0.15) is 5.56 Å². The Hall–Kier alpha value is -2.33. The summed E-state index contributed by atoms with van der Waals surface area (Å²) in [6, 6.07) is 17.2. The highest BCUT2D eigenvalue weighted by Gasteiger charge is 2.34. The zero-order chi connectivity index (χ0) is 13.2. The van der Waals surface area contributed by atoms with Crippen LogP contribution in [0.3, 0.4) is 0 Å². The van der Waals surface area contributed by atoms with Crippen molar-refractivity contribution in [1.29, 1.82) is 0 Å². The number of carbonyl (C=O) groups excluding carboxylic acids is 1. The minimum atomic E-state index is -0.412.